The van der Waals surface area contributed by atoms with Crippen LogP contribution < -0.4 is 0 Å². The number of ether oxygens (including phenoxy) is 1. The Morgan fingerprint density at radius 1 is 1.32 bits per heavy atom. The van der Waals surface area contributed by atoms with Crippen LogP contribution in [0.2, 0.25) is 0 Å². The maximum absolute atomic E-state index is 12.7. The van der Waals surface area contributed by atoms with Crippen LogP contribution in [-0.2, 0) is 16.0 Å². The summed E-state index contributed by atoms with van der Waals surface area (Å²) in [5.41, 5.74) is 2.14. The molecule has 1 atom stereocenters. The van der Waals surface area contributed by atoms with Gasteiger partial charge in [0.1, 0.15) is 5.60 Å². The SMILES string of the molecule is Cc1[nH]nc(CCC(=O)N2CCOC[C@](O)(CN3CCCC3)C2)c1C. The van der Waals surface area contributed by atoms with Crippen molar-refractivity contribution in [2.24, 2.45) is 0 Å². The van der Waals surface area contributed by atoms with Crippen molar-refractivity contribution >= 4 is 5.91 Å². The molecule has 1 amide bonds. The Kier molecular flexibility index (Phi) is 5.76. The van der Waals surface area contributed by atoms with Gasteiger partial charge in [-0.1, -0.05) is 0 Å². The van der Waals surface area contributed by atoms with Crippen LogP contribution in [0.15, 0.2) is 0 Å². The topological polar surface area (TPSA) is 81.7 Å². The smallest absolute Gasteiger partial charge is 0.223 e. The van der Waals surface area contributed by atoms with Gasteiger partial charge in [-0.3, -0.25) is 9.89 Å². The van der Waals surface area contributed by atoms with E-state index in [1.807, 2.05) is 13.8 Å². The van der Waals surface area contributed by atoms with Gasteiger partial charge in [0.15, 0.2) is 0 Å². The van der Waals surface area contributed by atoms with Crippen molar-refractivity contribution in [2.45, 2.75) is 45.1 Å². The summed E-state index contributed by atoms with van der Waals surface area (Å²) in [5.74, 6) is 0.0606. The van der Waals surface area contributed by atoms with Crippen molar-refractivity contribution in [3.8, 4) is 0 Å². The molecule has 2 aliphatic rings. The number of aromatic nitrogens is 2. The first-order valence-electron chi connectivity index (χ1n) is 9.27. The maximum Gasteiger partial charge on any atom is 0.223 e. The predicted molar refractivity (Wildman–Crippen MR) is 94.4 cm³/mol. The van der Waals surface area contributed by atoms with Crippen molar-refractivity contribution in [3.63, 3.8) is 0 Å². The van der Waals surface area contributed by atoms with Crippen LogP contribution in [-0.4, -0.2) is 82.5 Å². The van der Waals surface area contributed by atoms with E-state index >= 15 is 0 Å². The summed E-state index contributed by atoms with van der Waals surface area (Å²) >= 11 is 0. The summed E-state index contributed by atoms with van der Waals surface area (Å²) in [7, 11) is 0. The highest BCUT2D eigenvalue weighted by atomic mass is 16.5. The number of carbonyl (C=O) groups excluding carboxylic acids is 1. The number of rotatable bonds is 5. The van der Waals surface area contributed by atoms with Crippen molar-refractivity contribution < 1.29 is 14.6 Å². The molecule has 7 nitrogen and oxygen atoms in total. The normalized spacial score (nSPS) is 25.3. The van der Waals surface area contributed by atoms with Gasteiger partial charge in [0, 0.05) is 31.6 Å². The van der Waals surface area contributed by atoms with Gasteiger partial charge in [-0.25, -0.2) is 0 Å². The molecule has 0 bridgehead atoms. The fourth-order valence-electron chi connectivity index (χ4n) is 3.74. The van der Waals surface area contributed by atoms with Crippen LogP contribution in [0.1, 0.15) is 36.2 Å². The van der Waals surface area contributed by atoms with E-state index in [9.17, 15) is 9.90 Å². The first-order chi connectivity index (χ1) is 12.0. The summed E-state index contributed by atoms with van der Waals surface area (Å²) in [6.45, 7) is 8.29. The zero-order chi connectivity index (χ0) is 17.9. The lowest BCUT2D eigenvalue weighted by atomic mass is 10.0. The van der Waals surface area contributed by atoms with Crippen LogP contribution in [0.5, 0.6) is 0 Å². The minimum absolute atomic E-state index is 0.0606. The van der Waals surface area contributed by atoms with E-state index in [0.29, 0.717) is 45.7 Å². The van der Waals surface area contributed by atoms with Gasteiger partial charge in [0.05, 0.1) is 25.5 Å². The van der Waals surface area contributed by atoms with Crippen LogP contribution in [0.25, 0.3) is 0 Å². The molecule has 1 aromatic heterocycles. The number of hydrogen-bond donors (Lipinski definition) is 2. The van der Waals surface area contributed by atoms with E-state index in [1.165, 1.54) is 12.8 Å². The molecule has 2 N–H and O–H groups in total. The molecule has 0 aromatic carbocycles. The van der Waals surface area contributed by atoms with Gasteiger partial charge < -0.3 is 19.6 Å². The number of aromatic amines is 1. The zero-order valence-electron chi connectivity index (χ0n) is 15.4. The molecule has 2 aliphatic heterocycles. The molecule has 140 valence electrons. The number of β-amino-alcohol motifs (C(OH)–C–C–N with tert-alkyl or cyclic N) is 1. The fourth-order valence-corrected chi connectivity index (χ4v) is 3.74. The highest BCUT2D eigenvalue weighted by Crippen LogP contribution is 2.19. The van der Waals surface area contributed by atoms with Gasteiger partial charge in [-0.2, -0.15) is 5.10 Å². The molecular formula is C18H30N4O3. The Labute approximate surface area is 149 Å². The number of H-pyrrole nitrogens is 1. The summed E-state index contributed by atoms with van der Waals surface area (Å²) in [4.78, 5) is 16.7. The van der Waals surface area contributed by atoms with Crippen molar-refractivity contribution in [3.05, 3.63) is 17.0 Å². The highest BCUT2D eigenvalue weighted by Gasteiger charge is 2.36. The maximum atomic E-state index is 12.7. The lowest BCUT2D eigenvalue weighted by molar-refractivity contribution is -0.134. The zero-order valence-corrected chi connectivity index (χ0v) is 15.4. The molecule has 3 rings (SSSR count). The number of aliphatic hydroxyl groups is 1. The summed E-state index contributed by atoms with van der Waals surface area (Å²) in [6.07, 6.45) is 3.39. The first kappa shape index (κ1) is 18.4. The Bertz CT molecular complexity index is 597. The Morgan fingerprint density at radius 2 is 2.08 bits per heavy atom. The molecule has 0 radical (unpaired) electrons. The Balaban J connectivity index is 1.57. The van der Waals surface area contributed by atoms with E-state index in [2.05, 4.69) is 15.1 Å². The third-order valence-electron chi connectivity index (χ3n) is 5.36. The number of hydrogen-bond acceptors (Lipinski definition) is 5. The molecule has 1 aromatic rings. The number of nitrogens with zero attached hydrogens (tertiary/aromatic N) is 3. The first-order valence-corrected chi connectivity index (χ1v) is 9.27. The molecule has 25 heavy (non-hydrogen) atoms. The van der Waals surface area contributed by atoms with Crippen molar-refractivity contribution in [2.75, 3.05) is 45.9 Å². The number of carbonyl (C=O) groups is 1. The van der Waals surface area contributed by atoms with Crippen LogP contribution >= 0.6 is 0 Å². The molecule has 0 saturated carbocycles. The second-order valence-electron chi connectivity index (χ2n) is 7.50. The van der Waals surface area contributed by atoms with Crippen molar-refractivity contribution in [1.82, 2.24) is 20.0 Å². The molecule has 0 aliphatic carbocycles. The van der Waals surface area contributed by atoms with Gasteiger partial charge >= 0.3 is 0 Å². The third-order valence-corrected chi connectivity index (χ3v) is 5.36. The monoisotopic (exact) mass is 350 g/mol. The molecule has 3 heterocycles. The van der Waals surface area contributed by atoms with Crippen LogP contribution in [0, 0.1) is 13.8 Å². The third kappa shape index (κ3) is 4.59. The van der Waals surface area contributed by atoms with Crippen LogP contribution in [0.3, 0.4) is 0 Å². The average Bonchev–Trinajstić information content (AvgIpc) is 3.14. The minimum atomic E-state index is -0.977. The van der Waals surface area contributed by atoms with E-state index in [-0.39, 0.29) is 5.91 Å². The molecular weight excluding hydrogens is 320 g/mol. The van der Waals surface area contributed by atoms with Gasteiger partial charge in [-0.15, -0.1) is 0 Å². The fraction of sp³-hybridized carbons (Fsp3) is 0.778. The largest absolute Gasteiger partial charge is 0.384 e. The summed E-state index contributed by atoms with van der Waals surface area (Å²) in [5, 5.41) is 18.2. The van der Waals surface area contributed by atoms with E-state index in [1.54, 1.807) is 4.90 Å². The molecule has 0 unspecified atom stereocenters. The number of amides is 1. The number of likely N-dealkylation sites (tertiary alicyclic amines) is 1. The standard InChI is InChI=1S/C18H30N4O3/c1-14-15(2)19-20-16(14)5-6-17(23)22-9-10-25-13-18(24,12-22)11-21-7-3-4-8-21/h24H,3-13H2,1-2H3,(H,19,20)/t18-/m0/s1. The van der Waals surface area contributed by atoms with E-state index < -0.39 is 5.60 Å². The quantitative estimate of drug-likeness (QED) is 0.815. The Hall–Kier alpha value is -1.44. The molecule has 2 fully saturated rings. The lowest BCUT2D eigenvalue weighted by Gasteiger charge is -2.34. The predicted octanol–water partition coefficient (Wildman–Crippen LogP) is 0.645. The lowest BCUT2D eigenvalue weighted by Crippen LogP contribution is -2.53. The second-order valence-corrected chi connectivity index (χ2v) is 7.50. The molecule has 7 heteroatoms. The van der Waals surface area contributed by atoms with Crippen molar-refractivity contribution in [1.29, 1.82) is 0 Å². The summed E-state index contributed by atoms with van der Waals surface area (Å²) < 4.78 is 5.60. The second kappa shape index (κ2) is 7.85. The molecule has 0 spiro atoms. The van der Waals surface area contributed by atoms with E-state index in [4.69, 9.17) is 4.74 Å². The van der Waals surface area contributed by atoms with Gasteiger partial charge in [0.2, 0.25) is 5.91 Å². The number of nitrogens with one attached hydrogen (secondary N) is 1. The van der Waals surface area contributed by atoms with Gasteiger partial charge in [0.25, 0.3) is 0 Å². The molecule has 2 saturated heterocycles. The Morgan fingerprint density at radius 3 is 2.76 bits per heavy atom. The van der Waals surface area contributed by atoms with Gasteiger partial charge in [-0.05, 0) is 45.3 Å². The minimum Gasteiger partial charge on any atom is -0.384 e. The van der Waals surface area contributed by atoms with E-state index in [0.717, 1.165) is 30.0 Å². The number of aryl methyl sites for hydroxylation is 2. The average molecular weight is 350 g/mol. The van der Waals surface area contributed by atoms with Crippen LogP contribution in [0.4, 0.5) is 0 Å². The summed E-state index contributed by atoms with van der Waals surface area (Å²) in [6, 6.07) is 0. The highest BCUT2D eigenvalue weighted by molar-refractivity contribution is 5.76.